The van der Waals surface area contributed by atoms with Crippen LogP contribution in [0.3, 0.4) is 0 Å². The van der Waals surface area contributed by atoms with Crippen molar-refractivity contribution in [3.05, 3.63) is 64.2 Å². The van der Waals surface area contributed by atoms with E-state index in [9.17, 15) is 4.79 Å². The lowest BCUT2D eigenvalue weighted by Crippen LogP contribution is -2.25. The van der Waals surface area contributed by atoms with Crippen molar-refractivity contribution in [3.63, 3.8) is 0 Å². The highest BCUT2D eigenvalue weighted by molar-refractivity contribution is 6.10. The van der Waals surface area contributed by atoms with Crippen LogP contribution in [0.1, 0.15) is 98.2 Å². The number of anilines is 1. The normalized spacial score (nSPS) is 18.9. The third-order valence-electron chi connectivity index (χ3n) is 9.03. The molecule has 2 aliphatic heterocycles. The Hall–Kier alpha value is -3.26. The van der Waals surface area contributed by atoms with Gasteiger partial charge < -0.3 is 9.30 Å². The van der Waals surface area contributed by atoms with E-state index in [2.05, 4.69) is 54.9 Å². The summed E-state index contributed by atoms with van der Waals surface area (Å²) in [5, 5.41) is 8.29. The maximum atomic E-state index is 14.0. The van der Waals surface area contributed by atoms with E-state index >= 15 is 0 Å². The van der Waals surface area contributed by atoms with Gasteiger partial charge in [0.25, 0.3) is 5.91 Å². The lowest BCUT2D eigenvalue weighted by Gasteiger charge is -2.25. The molecule has 2 aromatic heterocycles. The number of ether oxygens (including phenoxy) is 1. The summed E-state index contributed by atoms with van der Waals surface area (Å²) < 4.78 is 7.82. The van der Waals surface area contributed by atoms with Crippen LogP contribution < -0.4 is 9.64 Å². The molecule has 0 radical (unpaired) electrons. The molecule has 8 heteroatoms. The number of likely N-dealkylation sites (tertiary alicyclic amines) is 1. The van der Waals surface area contributed by atoms with Crippen molar-refractivity contribution in [2.45, 2.75) is 84.7 Å². The molecule has 1 atom stereocenters. The zero-order valence-corrected chi connectivity index (χ0v) is 24.8. The molecule has 1 aromatic carbocycles. The Balaban J connectivity index is 1.32. The van der Waals surface area contributed by atoms with Gasteiger partial charge in [-0.2, -0.15) is 4.98 Å². The first-order valence-electron chi connectivity index (χ1n) is 14.7. The van der Waals surface area contributed by atoms with Crippen molar-refractivity contribution < 1.29 is 9.53 Å². The van der Waals surface area contributed by atoms with Gasteiger partial charge in [-0.1, -0.05) is 33.8 Å². The smallest absolute Gasteiger partial charge is 0.260 e. The molecule has 4 heterocycles. The molecule has 3 aliphatic rings. The molecule has 6 rings (SSSR count). The van der Waals surface area contributed by atoms with Gasteiger partial charge in [0.05, 0.1) is 13.2 Å². The summed E-state index contributed by atoms with van der Waals surface area (Å²) in [5.41, 5.74) is 6.03. The third kappa shape index (κ3) is 5.14. The second kappa shape index (κ2) is 9.98. The number of carbonyl (C=O) groups is 1. The Morgan fingerprint density at radius 1 is 1.12 bits per heavy atom. The van der Waals surface area contributed by atoms with Gasteiger partial charge in [-0.05, 0) is 83.9 Å². The number of nitrogens with zero attached hydrogens (tertiary/aromatic N) is 6. The molecule has 0 bridgehead atoms. The molecule has 0 N–H and O–H groups in total. The molecule has 1 saturated heterocycles. The Kier molecular flexibility index (Phi) is 6.72. The van der Waals surface area contributed by atoms with Crippen molar-refractivity contribution in [3.8, 4) is 5.88 Å². The molecule has 1 aliphatic carbocycles. The number of amides is 1. The first kappa shape index (κ1) is 26.9. The summed E-state index contributed by atoms with van der Waals surface area (Å²) in [5.74, 6) is 2.28. The SMILES string of the molecule is CCOc1cc([C@H](C)Cc2nncn2C)cc(N2Cc3c(cc(CN4CCC5(CC5)C4)cc3C(C)(C)C)C2=O)n1. The fourth-order valence-corrected chi connectivity index (χ4v) is 6.46. The van der Waals surface area contributed by atoms with Gasteiger partial charge in [-0.25, -0.2) is 0 Å². The van der Waals surface area contributed by atoms with Crippen LogP contribution in [0, 0.1) is 5.41 Å². The maximum Gasteiger partial charge on any atom is 0.260 e. The molecule has 1 spiro atoms. The molecule has 0 unspecified atom stereocenters. The van der Waals surface area contributed by atoms with Crippen LogP contribution in [0.5, 0.6) is 5.88 Å². The minimum absolute atomic E-state index is 0.0236. The second-order valence-electron chi connectivity index (χ2n) is 13.3. The predicted octanol–water partition coefficient (Wildman–Crippen LogP) is 5.40. The van der Waals surface area contributed by atoms with E-state index in [1.165, 1.54) is 36.9 Å². The minimum atomic E-state index is -0.0739. The average Bonchev–Trinajstić information content (AvgIpc) is 3.17. The van der Waals surface area contributed by atoms with Crippen LogP contribution in [-0.2, 0) is 32.0 Å². The number of rotatable bonds is 8. The Labute approximate surface area is 237 Å². The summed E-state index contributed by atoms with van der Waals surface area (Å²) in [6, 6.07) is 8.54. The number of aryl methyl sites for hydroxylation is 1. The molecule has 8 nitrogen and oxygen atoms in total. The number of hydrogen-bond donors (Lipinski definition) is 0. The monoisotopic (exact) mass is 542 g/mol. The van der Waals surface area contributed by atoms with E-state index in [4.69, 9.17) is 9.72 Å². The van der Waals surface area contributed by atoms with E-state index in [0.29, 0.717) is 30.3 Å². The summed E-state index contributed by atoms with van der Waals surface area (Å²) in [6.45, 7) is 15.1. The third-order valence-corrected chi connectivity index (χ3v) is 9.03. The van der Waals surface area contributed by atoms with Crippen molar-refractivity contribution in [2.24, 2.45) is 12.5 Å². The highest BCUT2D eigenvalue weighted by atomic mass is 16.5. The maximum absolute atomic E-state index is 14.0. The highest BCUT2D eigenvalue weighted by Gasteiger charge is 2.47. The average molecular weight is 543 g/mol. The highest BCUT2D eigenvalue weighted by Crippen LogP contribution is 2.53. The molecular weight excluding hydrogens is 500 g/mol. The summed E-state index contributed by atoms with van der Waals surface area (Å²) in [7, 11) is 1.96. The second-order valence-corrected chi connectivity index (χ2v) is 13.3. The van der Waals surface area contributed by atoms with Crippen LogP contribution in [0.15, 0.2) is 30.6 Å². The summed E-state index contributed by atoms with van der Waals surface area (Å²) in [4.78, 5) is 23.3. The fraction of sp³-hybridized carbons (Fsp3) is 0.562. The Morgan fingerprint density at radius 3 is 2.58 bits per heavy atom. The number of benzene rings is 1. The van der Waals surface area contributed by atoms with E-state index in [0.717, 1.165) is 42.0 Å². The van der Waals surface area contributed by atoms with Gasteiger partial charge in [0, 0.05) is 38.2 Å². The molecule has 1 saturated carbocycles. The summed E-state index contributed by atoms with van der Waals surface area (Å²) in [6.07, 6.45) is 6.52. The van der Waals surface area contributed by atoms with Crippen LogP contribution in [-0.4, -0.2) is 50.3 Å². The van der Waals surface area contributed by atoms with Gasteiger partial charge in [0.15, 0.2) is 0 Å². The summed E-state index contributed by atoms with van der Waals surface area (Å²) >= 11 is 0. The van der Waals surface area contributed by atoms with Crippen molar-refractivity contribution in [1.29, 1.82) is 0 Å². The lowest BCUT2D eigenvalue weighted by molar-refractivity contribution is 0.0995. The van der Waals surface area contributed by atoms with Gasteiger partial charge >= 0.3 is 0 Å². The van der Waals surface area contributed by atoms with Gasteiger partial charge in [0.1, 0.15) is 18.0 Å². The number of aromatic nitrogens is 4. The first-order chi connectivity index (χ1) is 19.0. The van der Waals surface area contributed by atoms with Crippen molar-refractivity contribution >= 4 is 11.7 Å². The van der Waals surface area contributed by atoms with Gasteiger partial charge in [0.2, 0.25) is 5.88 Å². The zero-order valence-electron chi connectivity index (χ0n) is 24.8. The van der Waals surface area contributed by atoms with Gasteiger partial charge in [-0.15, -0.1) is 10.2 Å². The van der Waals surface area contributed by atoms with Crippen LogP contribution in [0.4, 0.5) is 5.82 Å². The first-order valence-corrected chi connectivity index (χ1v) is 14.7. The van der Waals surface area contributed by atoms with E-state index < -0.39 is 0 Å². The number of carbonyl (C=O) groups excluding carboxylic acids is 1. The number of fused-ring (bicyclic) bond motifs is 1. The van der Waals surface area contributed by atoms with Crippen molar-refractivity contribution in [2.75, 3.05) is 24.6 Å². The topological polar surface area (TPSA) is 76.4 Å². The molecule has 40 heavy (non-hydrogen) atoms. The van der Waals surface area contributed by atoms with Gasteiger partial charge in [-0.3, -0.25) is 14.6 Å². The standard InChI is InChI=1S/C32H42N6O2/c1-7-40-29-16-23(21(2)12-28-35-33-20-36(28)6)15-27(34-29)38-18-25-24(30(38)39)13-22(14-26(25)31(3,4)5)17-37-11-10-32(19-37)8-9-32/h13-16,20-21H,7-12,17-19H2,1-6H3/t21-/m1/s1. The van der Waals surface area contributed by atoms with E-state index in [-0.39, 0.29) is 17.2 Å². The predicted molar refractivity (Wildman–Crippen MR) is 156 cm³/mol. The Bertz CT molecular complexity index is 1430. The zero-order chi connectivity index (χ0) is 28.2. The van der Waals surface area contributed by atoms with Crippen LogP contribution in [0.25, 0.3) is 0 Å². The largest absolute Gasteiger partial charge is 0.478 e. The quantitative estimate of drug-likeness (QED) is 0.379. The lowest BCUT2D eigenvalue weighted by atomic mass is 9.81. The molecule has 2 fully saturated rings. The van der Waals surface area contributed by atoms with E-state index in [1.54, 1.807) is 6.33 Å². The molecule has 212 valence electrons. The van der Waals surface area contributed by atoms with Crippen LogP contribution >= 0.6 is 0 Å². The Morgan fingerprint density at radius 2 is 1.93 bits per heavy atom. The number of pyridine rings is 1. The number of hydrogen-bond acceptors (Lipinski definition) is 6. The molecule has 3 aromatic rings. The minimum Gasteiger partial charge on any atom is -0.478 e. The van der Waals surface area contributed by atoms with Crippen LogP contribution in [0.2, 0.25) is 0 Å². The van der Waals surface area contributed by atoms with Crippen molar-refractivity contribution in [1.82, 2.24) is 24.6 Å². The molecule has 1 amide bonds. The molecular formula is C32H42N6O2. The fourth-order valence-electron chi connectivity index (χ4n) is 6.46. The van der Waals surface area contributed by atoms with E-state index in [1.807, 2.05) is 35.6 Å².